The van der Waals surface area contributed by atoms with Crippen molar-refractivity contribution in [2.45, 2.75) is 85.0 Å². The summed E-state index contributed by atoms with van der Waals surface area (Å²) in [5.41, 5.74) is 0. The lowest BCUT2D eigenvalue weighted by Crippen LogP contribution is -3.00. The Kier molecular flexibility index (Phi) is 18.5. The highest BCUT2D eigenvalue weighted by molar-refractivity contribution is 4.50. The van der Waals surface area contributed by atoms with Crippen LogP contribution in [0.1, 0.15) is 85.0 Å². The molecule has 0 aromatic heterocycles. The lowest BCUT2D eigenvalue weighted by atomic mass is 10.1. The van der Waals surface area contributed by atoms with Crippen molar-refractivity contribution in [2.75, 3.05) is 32.8 Å². The van der Waals surface area contributed by atoms with Gasteiger partial charge in [-0.2, -0.15) is 0 Å². The summed E-state index contributed by atoms with van der Waals surface area (Å²) in [6.07, 6.45) is 13.3. The zero-order valence-electron chi connectivity index (χ0n) is 14.9. The zero-order valence-corrected chi connectivity index (χ0v) is 15.6. The first-order chi connectivity index (χ1) is 9.74. The van der Waals surface area contributed by atoms with Crippen LogP contribution in [0.4, 0.5) is 0 Å². The third-order valence-corrected chi connectivity index (χ3v) is 4.53. The molecule has 0 atom stereocenters. The second kappa shape index (κ2) is 16.6. The first kappa shape index (κ1) is 23.5. The van der Waals surface area contributed by atoms with Gasteiger partial charge in [0.15, 0.2) is 0 Å². The molecule has 0 aliphatic heterocycles. The topological polar surface area (TPSA) is 20.2 Å². The predicted octanol–water partition coefficient (Wildman–Crippen LogP) is 1.76. The molecule has 0 aromatic carbocycles. The Bertz CT molecular complexity index is 188. The molecule has 0 saturated heterocycles. The Morgan fingerprint density at radius 3 is 1.38 bits per heavy atom. The summed E-state index contributed by atoms with van der Waals surface area (Å²) in [5, 5.41) is 9.49. The summed E-state index contributed by atoms with van der Waals surface area (Å²) < 4.78 is 1.18. The van der Waals surface area contributed by atoms with E-state index in [-0.39, 0.29) is 12.4 Å². The van der Waals surface area contributed by atoms with Crippen LogP contribution < -0.4 is 12.4 Å². The maximum atomic E-state index is 9.49. The number of aliphatic hydroxyl groups is 1. The van der Waals surface area contributed by atoms with Gasteiger partial charge in [0.2, 0.25) is 0 Å². The van der Waals surface area contributed by atoms with Gasteiger partial charge in [-0.05, 0) is 32.1 Å². The highest BCUT2D eigenvalue weighted by Gasteiger charge is 2.25. The predicted molar refractivity (Wildman–Crippen MR) is 90.0 cm³/mol. The fraction of sp³-hybridized carbons (Fsp3) is 1.00. The van der Waals surface area contributed by atoms with E-state index in [1.165, 1.54) is 88.3 Å². The summed E-state index contributed by atoms with van der Waals surface area (Å²) in [4.78, 5) is 0. The molecule has 0 heterocycles. The lowest BCUT2D eigenvalue weighted by molar-refractivity contribution is -0.929. The van der Waals surface area contributed by atoms with Crippen molar-refractivity contribution in [2.24, 2.45) is 0 Å². The van der Waals surface area contributed by atoms with E-state index < -0.39 is 0 Å². The molecule has 0 spiro atoms. The molecule has 3 heteroatoms. The van der Waals surface area contributed by atoms with Gasteiger partial charge in [0, 0.05) is 0 Å². The van der Waals surface area contributed by atoms with Crippen LogP contribution in [-0.2, 0) is 0 Å². The first-order valence-electron chi connectivity index (χ1n) is 9.20. The SMILES string of the molecule is CCCCCC[N+](CCO)(CCCC)CCCCCC.[Cl-]. The van der Waals surface area contributed by atoms with Crippen LogP contribution >= 0.6 is 0 Å². The maximum absolute atomic E-state index is 9.49. The molecule has 0 saturated carbocycles. The largest absolute Gasteiger partial charge is 1.00 e. The Morgan fingerprint density at radius 1 is 0.571 bits per heavy atom. The number of nitrogens with zero attached hydrogens (tertiary/aromatic N) is 1. The number of hydrogen-bond acceptors (Lipinski definition) is 1. The van der Waals surface area contributed by atoms with E-state index >= 15 is 0 Å². The molecule has 21 heavy (non-hydrogen) atoms. The fourth-order valence-corrected chi connectivity index (χ4v) is 3.12. The van der Waals surface area contributed by atoms with Crippen LogP contribution in [0.15, 0.2) is 0 Å². The summed E-state index contributed by atoms with van der Waals surface area (Å²) in [6, 6.07) is 0. The fourth-order valence-electron chi connectivity index (χ4n) is 3.12. The summed E-state index contributed by atoms with van der Waals surface area (Å²) >= 11 is 0. The molecule has 0 amide bonds. The molecule has 2 nitrogen and oxygen atoms in total. The molecule has 1 N–H and O–H groups in total. The normalized spacial score (nSPS) is 11.4. The van der Waals surface area contributed by atoms with Gasteiger partial charge >= 0.3 is 0 Å². The minimum absolute atomic E-state index is 0. The molecule has 0 aliphatic carbocycles. The Morgan fingerprint density at radius 2 is 1.00 bits per heavy atom. The number of aliphatic hydroxyl groups excluding tert-OH is 1. The van der Waals surface area contributed by atoms with Crippen LogP contribution in [0.25, 0.3) is 0 Å². The first-order valence-corrected chi connectivity index (χ1v) is 9.20. The highest BCUT2D eigenvalue weighted by atomic mass is 35.5. The van der Waals surface area contributed by atoms with Crippen molar-refractivity contribution in [1.29, 1.82) is 0 Å². The van der Waals surface area contributed by atoms with Gasteiger partial charge in [-0.1, -0.05) is 52.9 Å². The van der Waals surface area contributed by atoms with E-state index in [4.69, 9.17) is 0 Å². The van der Waals surface area contributed by atoms with Crippen LogP contribution in [-0.4, -0.2) is 42.4 Å². The molecule has 0 bridgehead atoms. The van der Waals surface area contributed by atoms with E-state index in [1.807, 2.05) is 0 Å². The van der Waals surface area contributed by atoms with E-state index in [2.05, 4.69) is 20.8 Å². The van der Waals surface area contributed by atoms with Gasteiger partial charge in [-0.3, -0.25) is 0 Å². The number of halogens is 1. The third-order valence-electron chi connectivity index (χ3n) is 4.53. The number of rotatable bonds is 15. The van der Waals surface area contributed by atoms with Crippen LogP contribution in [0.2, 0.25) is 0 Å². The van der Waals surface area contributed by atoms with Crippen molar-refractivity contribution in [3.05, 3.63) is 0 Å². The molecule has 0 aromatic rings. The molecular formula is C18H40ClNO. The van der Waals surface area contributed by atoms with Crippen LogP contribution in [0.5, 0.6) is 0 Å². The Labute approximate surface area is 140 Å². The van der Waals surface area contributed by atoms with Gasteiger partial charge in [-0.15, -0.1) is 0 Å². The minimum atomic E-state index is 0. The third kappa shape index (κ3) is 12.4. The van der Waals surface area contributed by atoms with Crippen LogP contribution in [0, 0.1) is 0 Å². The molecule has 0 unspecified atom stereocenters. The van der Waals surface area contributed by atoms with E-state index in [1.54, 1.807) is 0 Å². The minimum Gasteiger partial charge on any atom is -1.00 e. The molecule has 0 fully saturated rings. The smallest absolute Gasteiger partial charge is 0.102 e. The standard InChI is InChI=1S/C18H40NO.ClH/c1-4-7-10-12-15-19(17-18-20,14-9-6-3)16-13-11-8-5-2;/h20H,4-18H2,1-3H3;1H/q+1;/p-1. The Hall–Kier alpha value is 0.210. The second-order valence-electron chi connectivity index (χ2n) is 6.43. The molecule has 0 rings (SSSR count). The van der Waals surface area contributed by atoms with Crippen LogP contribution in [0.3, 0.4) is 0 Å². The summed E-state index contributed by atoms with van der Waals surface area (Å²) in [7, 11) is 0. The van der Waals surface area contributed by atoms with Gasteiger partial charge in [0.25, 0.3) is 0 Å². The number of unbranched alkanes of at least 4 members (excludes halogenated alkanes) is 7. The van der Waals surface area contributed by atoms with Crippen molar-refractivity contribution in [3.63, 3.8) is 0 Å². The van der Waals surface area contributed by atoms with Crippen molar-refractivity contribution in [1.82, 2.24) is 0 Å². The summed E-state index contributed by atoms with van der Waals surface area (Å²) in [6.45, 7) is 12.0. The van der Waals surface area contributed by atoms with Gasteiger partial charge < -0.3 is 22.0 Å². The average molecular weight is 322 g/mol. The van der Waals surface area contributed by atoms with Gasteiger partial charge in [0.05, 0.1) is 26.2 Å². The molecule has 130 valence electrons. The van der Waals surface area contributed by atoms with Crippen molar-refractivity contribution >= 4 is 0 Å². The van der Waals surface area contributed by atoms with E-state index in [9.17, 15) is 5.11 Å². The molecule has 0 radical (unpaired) electrons. The second-order valence-corrected chi connectivity index (χ2v) is 6.43. The Balaban J connectivity index is 0. The number of hydrogen-bond donors (Lipinski definition) is 1. The molecular weight excluding hydrogens is 282 g/mol. The summed E-state index contributed by atoms with van der Waals surface area (Å²) in [5.74, 6) is 0. The van der Waals surface area contributed by atoms with E-state index in [0.29, 0.717) is 6.61 Å². The molecule has 0 aliphatic rings. The monoisotopic (exact) mass is 321 g/mol. The van der Waals surface area contributed by atoms with E-state index in [0.717, 1.165) is 6.54 Å². The average Bonchev–Trinajstić information content (AvgIpc) is 2.46. The quantitative estimate of drug-likeness (QED) is 0.360. The maximum Gasteiger partial charge on any atom is 0.102 e. The van der Waals surface area contributed by atoms with Crippen molar-refractivity contribution < 1.29 is 22.0 Å². The van der Waals surface area contributed by atoms with Gasteiger partial charge in [0.1, 0.15) is 6.54 Å². The van der Waals surface area contributed by atoms with Crippen molar-refractivity contribution in [3.8, 4) is 0 Å². The highest BCUT2D eigenvalue weighted by Crippen LogP contribution is 2.16. The van der Waals surface area contributed by atoms with Gasteiger partial charge in [-0.25, -0.2) is 0 Å². The zero-order chi connectivity index (χ0) is 15.1. The number of quaternary nitrogens is 1. The lowest BCUT2D eigenvalue weighted by Gasteiger charge is -2.39.